The van der Waals surface area contributed by atoms with Crippen LogP contribution in [-0.2, 0) is 6.54 Å². The lowest BCUT2D eigenvalue weighted by atomic mass is 10.1. The second kappa shape index (κ2) is 10.4. The number of carbonyl (C=O) groups excluding carboxylic acids is 1. The van der Waals surface area contributed by atoms with E-state index in [0.717, 1.165) is 39.9 Å². The van der Waals surface area contributed by atoms with Gasteiger partial charge in [-0.25, -0.2) is 4.98 Å². The molecule has 0 atom stereocenters. The highest BCUT2D eigenvalue weighted by Crippen LogP contribution is 2.37. The van der Waals surface area contributed by atoms with Crippen LogP contribution in [0.4, 0.5) is 5.13 Å². The van der Waals surface area contributed by atoms with Gasteiger partial charge in [0.25, 0.3) is 5.91 Å². The summed E-state index contributed by atoms with van der Waals surface area (Å²) >= 11 is 1.49. The minimum atomic E-state index is -0.130. The van der Waals surface area contributed by atoms with Gasteiger partial charge in [-0.05, 0) is 60.9 Å². The molecular weight excluding hydrogens is 434 g/mol. The number of pyridine rings is 1. The fourth-order valence-corrected chi connectivity index (χ4v) is 4.51. The number of benzene rings is 2. The highest BCUT2D eigenvalue weighted by Gasteiger charge is 2.23. The zero-order chi connectivity index (χ0) is 23.2. The lowest BCUT2D eigenvalue weighted by molar-refractivity contribution is 0.0985. The molecule has 0 saturated carbocycles. The number of unbranched alkanes of at least 4 members (excludes halogenated alkanes) is 1. The van der Waals surface area contributed by atoms with Crippen molar-refractivity contribution in [2.75, 3.05) is 18.6 Å². The van der Waals surface area contributed by atoms with Crippen molar-refractivity contribution in [2.45, 2.75) is 33.2 Å². The Morgan fingerprint density at radius 2 is 1.94 bits per heavy atom. The van der Waals surface area contributed by atoms with Crippen LogP contribution in [0.15, 0.2) is 60.9 Å². The van der Waals surface area contributed by atoms with Crippen LogP contribution in [0, 0.1) is 6.92 Å². The van der Waals surface area contributed by atoms with E-state index in [1.807, 2.05) is 43.3 Å². The fraction of sp³-hybridized carbons (Fsp3) is 0.269. The third-order valence-corrected chi connectivity index (χ3v) is 6.53. The summed E-state index contributed by atoms with van der Waals surface area (Å²) in [6, 6.07) is 15.0. The predicted octanol–water partition coefficient (Wildman–Crippen LogP) is 6.03. The minimum absolute atomic E-state index is 0.130. The molecule has 4 aromatic rings. The molecule has 4 rings (SSSR count). The third kappa shape index (κ3) is 5.14. The number of aryl methyl sites for hydroxylation is 1. The van der Waals surface area contributed by atoms with E-state index in [1.165, 1.54) is 11.3 Å². The molecular formula is C26H27N3O3S. The Labute approximate surface area is 197 Å². The maximum Gasteiger partial charge on any atom is 0.260 e. The lowest BCUT2D eigenvalue weighted by Crippen LogP contribution is -2.30. The average Bonchev–Trinajstić information content (AvgIpc) is 3.30. The SMILES string of the molecule is CCCCOc1ccc(C(=O)N(Cc2cccnc2)c2nc3c(OC)ccc(C)c3s2)cc1. The van der Waals surface area contributed by atoms with Crippen molar-refractivity contribution < 1.29 is 14.3 Å². The number of amides is 1. The van der Waals surface area contributed by atoms with Crippen molar-refractivity contribution in [3.05, 3.63) is 77.6 Å². The van der Waals surface area contributed by atoms with Crippen molar-refractivity contribution >= 4 is 32.6 Å². The Morgan fingerprint density at radius 3 is 2.64 bits per heavy atom. The molecule has 170 valence electrons. The number of ether oxygens (including phenoxy) is 2. The number of rotatable bonds is 9. The molecule has 0 N–H and O–H groups in total. The van der Waals surface area contributed by atoms with E-state index in [0.29, 0.717) is 29.6 Å². The maximum absolute atomic E-state index is 13.6. The zero-order valence-electron chi connectivity index (χ0n) is 19.1. The van der Waals surface area contributed by atoms with Crippen molar-refractivity contribution in [3.63, 3.8) is 0 Å². The molecule has 0 radical (unpaired) electrons. The van der Waals surface area contributed by atoms with Crippen molar-refractivity contribution in [1.29, 1.82) is 0 Å². The monoisotopic (exact) mass is 461 g/mol. The first-order valence-corrected chi connectivity index (χ1v) is 11.8. The maximum atomic E-state index is 13.6. The first kappa shape index (κ1) is 22.7. The number of aromatic nitrogens is 2. The molecule has 2 aromatic carbocycles. The molecule has 0 bridgehead atoms. The normalized spacial score (nSPS) is 10.9. The topological polar surface area (TPSA) is 64.5 Å². The summed E-state index contributed by atoms with van der Waals surface area (Å²) in [7, 11) is 1.63. The van der Waals surface area contributed by atoms with Gasteiger partial charge in [-0.15, -0.1) is 0 Å². The molecule has 0 spiro atoms. The largest absolute Gasteiger partial charge is 0.494 e. The number of fused-ring (bicyclic) bond motifs is 1. The van der Waals surface area contributed by atoms with Crippen molar-refractivity contribution in [2.24, 2.45) is 0 Å². The summed E-state index contributed by atoms with van der Waals surface area (Å²) in [6.07, 6.45) is 5.56. The molecule has 0 aliphatic rings. The Hall–Kier alpha value is -3.45. The number of anilines is 1. The van der Waals surface area contributed by atoms with Gasteiger partial charge >= 0.3 is 0 Å². The van der Waals surface area contributed by atoms with Crippen LogP contribution in [0.5, 0.6) is 11.5 Å². The number of hydrogen-bond donors (Lipinski definition) is 0. The molecule has 1 amide bonds. The molecule has 0 aliphatic heterocycles. The molecule has 2 heterocycles. The predicted molar refractivity (Wildman–Crippen MR) is 133 cm³/mol. The summed E-state index contributed by atoms with van der Waals surface area (Å²) in [5.41, 5.74) is 3.36. The van der Waals surface area contributed by atoms with Gasteiger partial charge in [-0.3, -0.25) is 14.7 Å². The van der Waals surface area contributed by atoms with Gasteiger partial charge in [-0.2, -0.15) is 0 Å². The van der Waals surface area contributed by atoms with Crippen LogP contribution in [-0.4, -0.2) is 29.6 Å². The highest BCUT2D eigenvalue weighted by atomic mass is 32.1. The van der Waals surface area contributed by atoms with E-state index >= 15 is 0 Å². The van der Waals surface area contributed by atoms with Crippen LogP contribution in [0.2, 0.25) is 0 Å². The first-order chi connectivity index (χ1) is 16.1. The number of carbonyl (C=O) groups is 1. The van der Waals surface area contributed by atoms with Crippen molar-refractivity contribution in [1.82, 2.24) is 9.97 Å². The number of hydrogen-bond acceptors (Lipinski definition) is 6. The van der Waals surface area contributed by atoms with Crippen LogP contribution >= 0.6 is 11.3 Å². The second-order valence-electron chi connectivity index (χ2n) is 7.74. The van der Waals surface area contributed by atoms with Gasteiger partial charge in [0.05, 0.1) is 25.0 Å². The van der Waals surface area contributed by atoms with Crippen LogP contribution in [0.3, 0.4) is 0 Å². The van der Waals surface area contributed by atoms with E-state index in [1.54, 1.807) is 36.5 Å². The summed E-state index contributed by atoms with van der Waals surface area (Å²) in [5.74, 6) is 1.33. The molecule has 0 aliphatic carbocycles. The Balaban J connectivity index is 1.69. The molecule has 0 fully saturated rings. The summed E-state index contributed by atoms with van der Waals surface area (Å²) < 4.78 is 12.3. The Kier molecular flexibility index (Phi) is 7.19. The van der Waals surface area contributed by atoms with Crippen molar-refractivity contribution in [3.8, 4) is 11.5 Å². The molecule has 6 nitrogen and oxygen atoms in total. The first-order valence-electron chi connectivity index (χ1n) is 11.0. The van der Waals surface area contributed by atoms with Gasteiger partial charge in [-0.1, -0.05) is 36.8 Å². The third-order valence-electron chi connectivity index (χ3n) is 5.32. The van der Waals surface area contributed by atoms with Crippen LogP contribution < -0.4 is 14.4 Å². The Bertz CT molecular complexity index is 1220. The van der Waals surface area contributed by atoms with Gasteiger partial charge < -0.3 is 9.47 Å². The molecule has 2 aromatic heterocycles. The standard InChI is InChI=1S/C26H27N3O3S/c1-4-5-15-32-21-11-9-20(10-12-21)25(30)29(17-19-7-6-14-27-16-19)26-28-23-22(31-3)13-8-18(2)24(23)33-26/h6-14,16H,4-5,15,17H2,1-3H3. The quantitative estimate of drug-likeness (QED) is 0.285. The lowest BCUT2D eigenvalue weighted by Gasteiger charge is -2.20. The number of methoxy groups -OCH3 is 1. The van der Waals surface area contributed by atoms with Crippen LogP contribution in [0.25, 0.3) is 10.2 Å². The van der Waals surface area contributed by atoms with Gasteiger partial charge in [0, 0.05) is 18.0 Å². The van der Waals surface area contributed by atoms with E-state index in [9.17, 15) is 4.79 Å². The van der Waals surface area contributed by atoms with Crippen LogP contribution in [0.1, 0.15) is 41.3 Å². The molecule has 33 heavy (non-hydrogen) atoms. The molecule has 0 saturated heterocycles. The van der Waals surface area contributed by atoms with Gasteiger partial charge in [0.15, 0.2) is 5.13 Å². The second-order valence-corrected chi connectivity index (χ2v) is 8.72. The number of nitrogens with zero attached hydrogens (tertiary/aromatic N) is 3. The smallest absolute Gasteiger partial charge is 0.260 e. The van der Waals surface area contributed by atoms with E-state index < -0.39 is 0 Å². The summed E-state index contributed by atoms with van der Waals surface area (Å²) in [4.78, 5) is 24.4. The zero-order valence-corrected chi connectivity index (χ0v) is 19.9. The summed E-state index contributed by atoms with van der Waals surface area (Å²) in [5, 5.41) is 0.620. The Morgan fingerprint density at radius 1 is 1.12 bits per heavy atom. The van der Waals surface area contributed by atoms with Gasteiger partial charge in [0.2, 0.25) is 0 Å². The highest BCUT2D eigenvalue weighted by molar-refractivity contribution is 7.22. The van der Waals surface area contributed by atoms with E-state index in [-0.39, 0.29) is 5.91 Å². The average molecular weight is 462 g/mol. The van der Waals surface area contributed by atoms with Gasteiger partial charge in [0.1, 0.15) is 17.0 Å². The van der Waals surface area contributed by atoms with E-state index in [2.05, 4.69) is 11.9 Å². The fourth-order valence-electron chi connectivity index (χ4n) is 3.46. The summed E-state index contributed by atoms with van der Waals surface area (Å²) in [6.45, 7) is 5.20. The number of thiazole rings is 1. The minimum Gasteiger partial charge on any atom is -0.494 e. The molecule has 0 unspecified atom stereocenters. The van der Waals surface area contributed by atoms with E-state index in [4.69, 9.17) is 14.5 Å². The molecule has 7 heteroatoms.